The number of benzene rings is 3. The topological polar surface area (TPSA) is 128 Å². The van der Waals surface area contributed by atoms with Crippen molar-refractivity contribution in [2.24, 2.45) is 0 Å². The molecule has 1 atom stereocenters. The summed E-state index contributed by atoms with van der Waals surface area (Å²) in [6.07, 6.45) is 1.66. The maximum Gasteiger partial charge on any atom is 0.322 e. The summed E-state index contributed by atoms with van der Waals surface area (Å²) in [4.78, 5) is 27.0. The highest BCUT2D eigenvalue weighted by molar-refractivity contribution is 7.89. The second kappa shape index (κ2) is 6.93. The van der Waals surface area contributed by atoms with Crippen LogP contribution >= 0.6 is 0 Å². The number of nitrogens with one attached hydrogen (secondary N) is 3. The Hall–Kier alpha value is -3.69. The summed E-state index contributed by atoms with van der Waals surface area (Å²) in [5.41, 5.74) is 2.45. The lowest BCUT2D eigenvalue weighted by Gasteiger charge is -2.16. The minimum absolute atomic E-state index is 0.0279. The van der Waals surface area contributed by atoms with Gasteiger partial charge in [-0.15, -0.1) is 0 Å². The molecule has 4 N–H and O–H groups in total. The van der Waals surface area contributed by atoms with E-state index in [1.165, 1.54) is 12.1 Å². The van der Waals surface area contributed by atoms with E-state index in [1.54, 1.807) is 24.4 Å². The second-order valence-corrected chi connectivity index (χ2v) is 9.05. The standard InChI is InChI=1S/C22H17N3O5S/c26-21-15-6-3-5-14-19(9-8-17(24-21)20(14)15)31(29,30)25-18(22(27)28)10-12-11-23-16-7-2-1-4-13(12)16/h1-9,11,18,23,25H,10H2,(H,24,26)(H,27,28)/t18-/m1/s1. The number of carboxylic acid groups (broad SMARTS) is 1. The van der Waals surface area contributed by atoms with Crippen LogP contribution in [0.15, 0.2) is 65.7 Å². The number of aromatic nitrogens is 1. The van der Waals surface area contributed by atoms with E-state index >= 15 is 0 Å². The number of para-hydroxylation sites is 1. The van der Waals surface area contributed by atoms with Crippen molar-refractivity contribution < 1.29 is 23.1 Å². The van der Waals surface area contributed by atoms with Crippen LogP contribution in [0.4, 0.5) is 5.69 Å². The van der Waals surface area contributed by atoms with Gasteiger partial charge in [-0.05, 0) is 29.8 Å². The molecule has 1 aromatic heterocycles. The zero-order valence-corrected chi connectivity index (χ0v) is 16.9. The maximum absolute atomic E-state index is 13.2. The van der Waals surface area contributed by atoms with Crippen LogP contribution in [-0.4, -0.2) is 36.4 Å². The van der Waals surface area contributed by atoms with Crippen molar-refractivity contribution in [1.29, 1.82) is 0 Å². The van der Waals surface area contributed by atoms with E-state index in [0.717, 1.165) is 10.9 Å². The van der Waals surface area contributed by atoms with Crippen molar-refractivity contribution >= 4 is 49.3 Å². The fourth-order valence-electron chi connectivity index (χ4n) is 4.05. The van der Waals surface area contributed by atoms with Gasteiger partial charge in [-0.2, -0.15) is 4.72 Å². The molecule has 2 heterocycles. The second-order valence-electron chi connectivity index (χ2n) is 7.37. The van der Waals surface area contributed by atoms with Gasteiger partial charge in [0.25, 0.3) is 5.91 Å². The number of aromatic amines is 1. The van der Waals surface area contributed by atoms with Crippen LogP contribution < -0.4 is 10.0 Å². The summed E-state index contributed by atoms with van der Waals surface area (Å²) in [5, 5.41) is 14.1. The Labute approximate surface area is 176 Å². The molecule has 0 saturated carbocycles. The van der Waals surface area contributed by atoms with Crippen LogP contribution in [0.25, 0.3) is 21.7 Å². The van der Waals surface area contributed by atoms with Gasteiger partial charge >= 0.3 is 5.97 Å². The minimum Gasteiger partial charge on any atom is -0.480 e. The lowest BCUT2D eigenvalue weighted by atomic mass is 10.1. The van der Waals surface area contributed by atoms with Gasteiger partial charge in [-0.25, -0.2) is 8.42 Å². The molecule has 0 fully saturated rings. The van der Waals surface area contributed by atoms with Gasteiger partial charge in [0, 0.05) is 45.5 Å². The molecule has 0 bridgehead atoms. The Bertz CT molecular complexity index is 1490. The number of carbonyl (C=O) groups is 2. The van der Waals surface area contributed by atoms with Crippen molar-refractivity contribution in [3.63, 3.8) is 0 Å². The average Bonchev–Trinajstić information content (AvgIpc) is 3.30. The molecule has 156 valence electrons. The number of aliphatic carboxylic acids is 1. The van der Waals surface area contributed by atoms with Crippen LogP contribution in [0.2, 0.25) is 0 Å². The van der Waals surface area contributed by atoms with Crippen LogP contribution in [0.3, 0.4) is 0 Å². The Morgan fingerprint density at radius 2 is 1.81 bits per heavy atom. The van der Waals surface area contributed by atoms with E-state index < -0.39 is 22.0 Å². The van der Waals surface area contributed by atoms with Gasteiger partial charge in [0.2, 0.25) is 10.0 Å². The number of anilines is 1. The normalized spacial score (nSPS) is 14.1. The van der Waals surface area contributed by atoms with Crippen molar-refractivity contribution in [3.05, 3.63) is 71.9 Å². The average molecular weight is 435 g/mol. The highest BCUT2D eigenvalue weighted by Gasteiger charge is 2.30. The van der Waals surface area contributed by atoms with E-state index in [2.05, 4.69) is 15.0 Å². The Morgan fingerprint density at radius 1 is 1.03 bits per heavy atom. The van der Waals surface area contributed by atoms with Crippen LogP contribution in [-0.2, 0) is 21.2 Å². The molecule has 8 nitrogen and oxygen atoms in total. The number of amides is 1. The molecule has 4 aromatic rings. The highest BCUT2D eigenvalue weighted by atomic mass is 32.2. The molecule has 0 radical (unpaired) electrons. The predicted octanol–water partition coefficient (Wildman–Crippen LogP) is 2.86. The van der Waals surface area contributed by atoms with E-state index in [9.17, 15) is 23.1 Å². The first kappa shape index (κ1) is 19.3. The van der Waals surface area contributed by atoms with Gasteiger partial charge in [0.05, 0.1) is 4.90 Å². The molecule has 0 aliphatic carbocycles. The quantitative estimate of drug-likeness (QED) is 0.370. The number of H-pyrrole nitrogens is 1. The lowest BCUT2D eigenvalue weighted by Crippen LogP contribution is -2.42. The summed E-state index contributed by atoms with van der Waals surface area (Å²) in [6, 6.07) is 13.8. The Morgan fingerprint density at radius 3 is 2.61 bits per heavy atom. The molecule has 3 aromatic carbocycles. The third kappa shape index (κ3) is 3.15. The number of hydrogen-bond acceptors (Lipinski definition) is 4. The molecule has 1 aliphatic rings. The van der Waals surface area contributed by atoms with E-state index in [-0.39, 0.29) is 17.2 Å². The number of carbonyl (C=O) groups excluding carboxylic acids is 1. The summed E-state index contributed by atoms with van der Waals surface area (Å²) in [6.45, 7) is 0. The van der Waals surface area contributed by atoms with E-state index in [1.807, 2.05) is 24.3 Å². The van der Waals surface area contributed by atoms with Crippen molar-refractivity contribution in [1.82, 2.24) is 9.71 Å². The van der Waals surface area contributed by atoms with Gasteiger partial charge < -0.3 is 15.4 Å². The lowest BCUT2D eigenvalue weighted by molar-refractivity contribution is -0.138. The molecular weight excluding hydrogens is 418 g/mol. The molecule has 0 unspecified atom stereocenters. The summed E-state index contributed by atoms with van der Waals surface area (Å²) in [7, 11) is -4.19. The molecular formula is C22H17N3O5S. The molecule has 1 amide bonds. The van der Waals surface area contributed by atoms with Gasteiger partial charge in [0.1, 0.15) is 6.04 Å². The van der Waals surface area contributed by atoms with Gasteiger partial charge in [-0.3, -0.25) is 9.59 Å². The first-order valence-electron chi connectivity index (χ1n) is 9.52. The fraction of sp³-hybridized carbons (Fsp3) is 0.0909. The first-order valence-corrected chi connectivity index (χ1v) is 11.0. The van der Waals surface area contributed by atoms with Crippen LogP contribution in [0.5, 0.6) is 0 Å². The van der Waals surface area contributed by atoms with Crippen molar-refractivity contribution in [2.75, 3.05) is 5.32 Å². The molecule has 0 spiro atoms. The number of fused-ring (bicyclic) bond motifs is 1. The van der Waals surface area contributed by atoms with Crippen LogP contribution in [0.1, 0.15) is 15.9 Å². The smallest absolute Gasteiger partial charge is 0.322 e. The third-order valence-corrected chi connectivity index (χ3v) is 7.01. The number of sulfonamides is 1. The fourth-order valence-corrected chi connectivity index (χ4v) is 5.44. The van der Waals surface area contributed by atoms with Gasteiger partial charge in [0.15, 0.2) is 0 Å². The van der Waals surface area contributed by atoms with Crippen LogP contribution in [0, 0.1) is 0 Å². The van der Waals surface area contributed by atoms with E-state index in [4.69, 9.17) is 0 Å². The SMILES string of the molecule is O=C1Nc2ccc(S(=O)(=O)N[C@H](Cc3c[nH]c4ccccc34)C(=O)O)c3cccc1c23. The summed E-state index contributed by atoms with van der Waals surface area (Å²) >= 11 is 0. The number of hydrogen-bond donors (Lipinski definition) is 4. The predicted molar refractivity (Wildman–Crippen MR) is 116 cm³/mol. The zero-order chi connectivity index (χ0) is 21.8. The third-order valence-electron chi connectivity index (χ3n) is 5.48. The summed E-state index contributed by atoms with van der Waals surface area (Å²) in [5.74, 6) is -1.58. The maximum atomic E-state index is 13.2. The summed E-state index contributed by atoms with van der Waals surface area (Å²) < 4.78 is 28.7. The Kier molecular flexibility index (Phi) is 4.31. The zero-order valence-electron chi connectivity index (χ0n) is 16.0. The minimum atomic E-state index is -4.19. The largest absolute Gasteiger partial charge is 0.480 e. The Balaban J connectivity index is 1.53. The van der Waals surface area contributed by atoms with Crippen molar-refractivity contribution in [3.8, 4) is 0 Å². The first-order chi connectivity index (χ1) is 14.8. The van der Waals surface area contributed by atoms with Gasteiger partial charge in [-0.1, -0.05) is 30.3 Å². The highest BCUT2D eigenvalue weighted by Crippen LogP contribution is 2.36. The monoisotopic (exact) mass is 435 g/mol. The molecule has 31 heavy (non-hydrogen) atoms. The number of carboxylic acids is 1. The van der Waals surface area contributed by atoms with E-state index in [0.29, 0.717) is 27.6 Å². The number of rotatable bonds is 6. The molecule has 1 aliphatic heterocycles. The molecule has 5 rings (SSSR count). The molecule has 0 saturated heterocycles. The van der Waals surface area contributed by atoms with Crippen molar-refractivity contribution in [2.45, 2.75) is 17.4 Å². The molecule has 9 heteroatoms.